The maximum absolute atomic E-state index is 12.8. The van der Waals surface area contributed by atoms with Crippen LogP contribution in [0.15, 0.2) is 36.7 Å². The number of H-pyrrole nitrogens is 1. The summed E-state index contributed by atoms with van der Waals surface area (Å²) in [6.45, 7) is 2.89. The molecule has 1 amide bonds. The molecule has 0 spiro atoms. The summed E-state index contributed by atoms with van der Waals surface area (Å²) in [7, 11) is 0. The van der Waals surface area contributed by atoms with Crippen molar-refractivity contribution >= 4 is 16.8 Å². The molecule has 1 aromatic carbocycles. The van der Waals surface area contributed by atoms with Gasteiger partial charge in [-0.2, -0.15) is 5.10 Å². The summed E-state index contributed by atoms with van der Waals surface area (Å²) in [6, 6.07) is 7.82. The monoisotopic (exact) mass is 399 g/mol. The number of piperidine rings is 1. The van der Waals surface area contributed by atoms with E-state index in [1.807, 2.05) is 31.2 Å². The molecule has 0 aliphatic carbocycles. The van der Waals surface area contributed by atoms with E-state index in [9.17, 15) is 13.6 Å². The number of aromatic amines is 1. The van der Waals surface area contributed by atoms with E-state index in [2.05, 4.69) is 20.5 Å². The van der Waals surface area contributed by atoms with Gasteiger partial charge in [-0.25, -0.2) is 8.78 Å². The number of aryl methyl sites for hydroxylation is 1. The van der Waals surface area contributed by atoms with Gasteiger partial charge in [-0.05, 0) is 49.1 Å². The number of nitrogens with zero attached hydrogens (tertiary/aromatic N) is 3. The average Bonchev–Trinajstić information content (AvgIpc) is 3.12. The first kappa shape index (κ1) is 19.4. The van der Waals surface area contributed by atoms with Crippen LogP contribution in [0.4, 0.5) is 8.78 Å². The summed E-state index contributed by atoms with van der Waals surface area (Å²) in [4.78, 5) is 18.8. The van der Waals surface area contributed by atoms with Gasteiger partial charge in [0.2, 0.25) is 0 Å². The third-order valence-electron chi connectivity index (χ3n) is 5.31. The number of hydrogen-bond acceptors (Lipinski definition) is 4. The van der Waals surface area contributed by atoms with E-state index >= 15 is 0 Å². The Morgan fingerprint density at radius 1 is 1.24 bits per heavy atom. The topological polar surface area (TPSA) is 73.9 Å². The van der Waals surface area contributed by atoms with Gasteiger partial charge in [-0.1, -0.05) is 6.07 Å². The molecule has 152 valence electrons. The molecule has 0 unspecified atom stereocenters. The fraction of sp³-hybridized carbons (Fsp3) is 0.381. The minimum absolute atomic E-state index is 0.0349. The number of amides is 1. The molecule has 0 bridgehead atoms. The SMILES string of the molecule is Cc1cncc(-c2ccc3[nH]nc(C(=O)NC4CCN(CC(F)F)CC4)c3c2)c1. The first-order chi connectivity index (χ1) is 14.0. The van der Waals surface area contributed by atoms with Crippen molar-refractivity contribution in [3.05, 3.63) is 47.9 Å². The lowest BCUT2D eigenvalue weighted by molar-refractivity contribution is 0.0695. The van der Waals surface area contributed by atoms with Gasteiger partial charge in [-0.3, -0.25) is 19.8 Å². The summed E-state index contributed by atoms with van der Waals surface area (Å²) < 4.78 is 25.0. The molecule has 1 fully saturated rings. The van der Waals surface area contributed by atoms with Crippen LogP contribution in [0.5, 0.6) is 0 Å². The molecule has 6 nitrogen and oxygen atoms in total. The number of aromatic nitrogens is 3. The van der Waals surface area contributed by atoms with Crippen molar-refractivity contribution in [3.8, 4) is 11.1 Å². The Kier molecular flexibility index (Phi) is 5.53. The van der Waals surface area contributed by atoms with Crippen molar-refractivity contribution in [2.75, 3.05) is 19.6 Å². The highest BCUT2D eigenvalue weighted by atomic mass is 19.3. The fourth-order valence-electron chi connectivity index (χ4n) is 3.79. The Bertz CT molecular complexity index is 1010. The second-order valence-corrected chi connectivity index (χ2v) is 7.52. The highest BCUT2D eigenvalue weighted by Crippen LogP contribution is 2.25. The number of nitrogens with one attached hydrogen (secondary N) is 2. The maximum atomic E-state index is 12.8. The van der Waals surface area contributed by atoms with Crippen molar-refractivity contribution in [3.63, 3.8) is 0 Å². The predicted molar refractivity (Wildman–Crippen MR) is 107 cm³/mol. The van der Waals surface area contributed by atoms with Crippen LogP contribution < -0.4 is 5.32 Å². The molecule has 3 heterocycles. The molecule has 2 aromatic heterocycles. The van der Waals surface area contributed by atoms with Gasteiger partial charge >= 0.3 is 0 Å². The first-order valence-electron chi connectivity index (χ1n) is 9.71. The highest BCUT2D eigenvalue weighted by Gasteiger charge is 2.24. The summed E-state index contributed by atoms with van der Waals surface area (Å²) >= 11 is 0. The number of pyridine rings is 1. The number of halogens is 2. The number of carbonyl (C=O) groups excluding carboxylic acids is 1. The van der Waals surface area contributed by atoms with E-state index < -0.39 is 6.43 Å². The molecule has 4 rings (SSSR count). The van der Waals surface area contributed by atoms with E-state index in [0.29, 0.717) is 31.6 Å². The number of hydrogen-bond donors (Lipinski definition) is 2. The van der Waals surface area contributed by atoms with Gasteiger partial charge in [0.25, 0.3) is 12.3 Å². The molecule has 1 aliphatic heterocycles. The summed E-state index contributed by atoms with van der Waals surface area (Å²) in [5.41, 5.74) is 4.13. The van der Waals surface area contributed by atoms with Crippen LogP contribution in [0.1, 0.15) is 28.9 Å². The summed E-state index contributed by atoms with van der Waals surface area (Å²) in [5, 5.41) is 10.9. The molecule has 1 aliphatic rings. The van der Waals surface area contributed by atoms with Gasteiger partial charge < -0.3 is 5.32 Å². The molecule has 2 N–H and O–H groups in total. The second kappa shape index (κ2) is 8.24. The normalized spacial score (nSPS) is 15.9. The van der Waals surface area contributed by atoms with E-state index in [1.165, 1.54) is 0 Å². The second-order valence-electron chi connectivity index (χ2n) is 7.52. The number of alkyl halides is 2. The zero-order valence-electron chi connectivity index (χ0n) is 16.2. The Balaban J connectivity index is 1.49. The van der Waals surface area contributed by atoms with Crippen LogP contribution in [-0.4, -0.2) is 58.1 Å². The van der Waals surface area contributed by atoms with E-state index in [-0.39, 0.29) is 18.5 Å². The Morgan fingerprint density at radius 2 is 2.03 bits per heavy atom. The molecule has 8 heteroatoms. The van der Waals surface area contributed by atoms with Crippen LogP contribution >= 0.6 is 0 Å². The number of carbonyl (C=O) groups is 1. The van der Waals surface area contributed by atoms with Crippen molar-refractivity contribution in [1.82, 2.24) is 25.4 Å². The number of likely N-dealkylation sites (tertiary alicyclic amines) is 1. The Labute approximate surface area is 167 Å². The Morgan fingerprint density at radius 3 is 2.76 bits per heavy atom. The highest BCUT2D eigenvalue weighted by molar-refractivity contribution is 6.05. The fourth-order valence-corrected chi connectivity index (χ4v) is 3.79. The lowest BCUT2D eigenvalue weighted by atomic mass is 10.0. The van der Waals surface area contributed by atoms with Crippen molar-refractivity contribution in [1.29, 1.82) is 0 Å². The zero-order valence-corrected chi connectivity index (χ0v) is 16.2. The third kappa shape index (κ3) is 4.42. The molecule has 0 atom stereocenters. The molecular weight excluding hydrogens is 376 g/mol. The predicted octanol–water partition coefficient (Wildman–Crippen LogP) is 3.39. The summed E-state index contributed by atoms with van der Waals surface area (Å²) in [6.07, 6.45) is 2.57. The zero-order chi connectivity index (χ0) is 20.4. The molecule has 3 aromatic rings. The van der Waals surface area contributed by atoms with Gasteiger partial charge in [0, 0.05) is 42.5 Å². The number of rotatable bonds is 5. The quantitative estimate of drug-likeness (QED) is 0.690. The van der Waals surface area contributed by atoms with E-state index in [1.54, 1.807) is 17.3 Å². The third-order valence-corrected chi connectivity index (χ3v) is 5.31. The molecular formula is C21H23F2N5O. The van der Waals surface area contributed by atoms with E-state index in [4.69, 9.17) is 0 Å². The van der Waals surface area contributed by atoms with Crippen LogP contribution in [0.2, 0.25) is 0 Å². The largest absolute Gasteiger partial charge is 0.348 e. The van der Waals surface area contributed by atoms with Crippen molar-refractivity contribution in [2.45, 2.75) is 32.2 Å². The Hall–Kier alpha value is -2.87. The lowest BCUT2D eigenvalue weighted by Crippen LogP contribution is -2.45. The van der Waals surface area contributed by atoms with Crippen LogP contribution in [-0.2, 0) is 0 Å². The minimum Gasteiger partial charge on any atom is -0.348 e. The van der Waals surface area contributed by atoms with E-state index in [0.717, 1.165) is 27.6 Å². The standard InChI is InChI=1S/C21H23F2N5O/c1-13-8-15(11-24-10-13)14-2-3-18-17(9-14)20(27-26-18)21(29)25-16-4-6-28(7-5-16)12-19(22)23/h2-3,8-11,16,19H,4-7,12H2,1H3,(H,25,29)(H,26,27). The van der Waals surface area contributed by atoms with Crippen molar-refractivity contribution < 1.29 is 13.6 Å². The maximum Gasteiger partial charge on any atom is 0.272 e. The van der Waals surface area contributed by atoms with Crippen LogP contribution in [0.25, 0.3) is 22.0 Å². The van der Waals surface area contributed by atoms with Crippen LogP contribution in [0, 0.1) is 6.92 Å². The van der Waals surface area contributed by atoms with Gasteiger partial charge in [0.15, 0.2) is 5.69 Å². The van der Waals surface area contributed by atoms with Gasteiger partial charge in [0.1, 0.15) is 0 Å². The molecule has 29 heavy (non-hydrogen) atoms. The lowest BCUT2D eigenvalue weighted by Gasteiger charge is -2.31. The molecule has 1 saturated heterocycles. The number of fused-ring (bicyclic) bond motifs is 1. The first-order valence-corrected chi connectivity index (χ1v) is 9.71. The smallest absolute Gasteiger partial charge is 0.272 e. The van der Waals surface area contributed by atoms with Crippen molar-refractivity contribution in [2.24, 2.45) is 0 Å². The average molecular weight is 399 g/mol. The summed E-state index contributed by atoms with van der Waals surface area (Å²) in [5.74, 6) is -0.247. The molecule has 0 saturated carbocycles. The number of benzene rings is 1. The van der Waals surface area contributed by atoms with Crippen LogP contribution in [0.3, 0.4) is 0 Å². The van der Waals surface area contributed by atoms with Gasteiger partial charge in [0.05, 0.1) is 12.1 Å². The minimum atomic E-state index is -2.32. The van der Waals surface area contributed by atoms with Gasteiger partial charge in [-0.15, -0.1) is 0 Å². The molecule has 0 radical (unpaired) electrons.